The van der Waals surface area contributed by atoms with E-state index in [9.17, 15) is 0 Å². The summed E-state index contributed by atoms with van der Waals surface area (Å²) in [5.41, 5.74) is 3.64. The third kappa shape index (κ3) is 4.90. The van der Waals surface area contributed by atoms with Gasteiger partial charge in [0, 0.05) is 16.9 Å². The molecule has 0 aliphatic rings. The summed E-state index contributed by atoms with van der Waals surface area (Å²) in [6, 6.07) is 17.1. The second-order valence-corrected chi connectivity index (χ2v) is 6.26. The minimum atomic E-state index is 0.658. The van der Waals surface area contributed by atoms with Crippen molar-refractivity contribution in [2.75, 3.05) is 7.11 Å². The molecule has 0 spiro atoms. The summed E-state index contributed by atoms with van der Waals surface area (Å²) in [6.45, 7) is 8.42. The molecule has 22 heavy (non-hydrogen) atoms. The Hall–Kier alpha value is -1.77. The number of rotatable bonds is 8. The number of hydrogen-bond acceptors (Lipinski definition) is 2. The predicted molar refractivity (Wildman–Crippen MR) is 95.4 cm³/mol. The second kappa shape index (κ2) is 8.62. The highest BCUT2D eigenvalue weighted by molar-refractivity contribution is 7.99. The molecule has 1 nitrogen and oxygen atoms in total. The molecule has 2 aromatic carbocycles. The molecule has 0 bridgehead atoms. The van der Waals surface area contributed by atoms with Gasteiger partial charge < -0.3 is 4.74 Å². The van der Waals surface area contributed by atoms with Gasteiger partial charge in [0.25, 0.3) is 0 Å². The average molecular weight is 310 g/mol. The lowest BCUT2D eigenvalue weighted by Gasteiger charge is -2.10. The fourth-order valence-electron chi connectivity index (χ4n) is 2.15. The first-order chi connectivity index (χ1) is 10.7. The van der Waals surface area contributed by atoms with Gasteiger partial charge in [-0.3, -0.25) is 0 Å². The molecule has 0 atom stereocenters. The molecule has 0 heterocycles. The van der Waals surface area contributed by atoms with Gasteiger partial charge in [0.15, 0.2) is 0 Å². The van der Waals surface area contributed by atoms with E-state index in [0.717, 1.165) is 18.4 Å². The predicted octanol–water partition coefficient (Wildman–Crippen LogP) is 5.66. The van der Waals surface area contributed by atoms with Crippen LogP contribution in [0.15, 0.2) is 83.1 Å². The highest BCUT2D eigenvalue weighted by Gasteiger charge is 2.05. The fourth-order valence-corrected chi connectivity index (χ4v) is 3.13. The first-order valence-electron chi connectivity index (χ1n) is 7.37. The van der Waals surface area contributed by atoms with Crippen LogP contribution in [-0.2, 0) is 17.8 Å². The number of ether oxygens (including phenoxy) is 1. The van der Waals surface area contributed by atoms with Crippen molar-refractivity contribution in [3.63, 3.8) is 0 Å². The maximum absolute atomic E-state index is 5.15. The molecule has 2 rings (SSSR count). The minimum absolute atomic E-state index is 0.658. The van der Waals surface area contributed by atoms with Crippen molar-refractivity contribution < 1.29 is 4.74 Å². The van der Waals surface area contributed by atoms with Gasteiger partial charge in [0.1, 0.15) is 0 Å². The highest BCUT2D eigenvalue weighted by Crippen LogP contribution is 2.31. The Kier molecular flexibility index (Phi) is 6.50. The molecule has 0 N–H and O–H groups in total. The average Bonchev–Trinajstić information content (AvgIpc) is 2.56. The molecular formula is C20H22OS. The van der Waals surface area contributed by atoms with E-state index in [1.165, 1.54) is 20.9 Å². The number of methoxy groups -OCH3 is 1. The van der Waals surface area contributed by atoms with Crippen LogP contribution in [0, 0.1) is 0 Å². The smallest absolute Gasteiger partial charge is 0.0713 e. The van der Waals surface area contributed by atoms with Crippen molar-refractivity contribution in [3.05, 3.63) is 84.5 Å². The van der Waals surface area contributed by atoms with Crippen molar-refractivity contribution in [1.82, 2.24) is 0 Å². The Labute approximate surface area is 137 Å². The van der Waals surface area contributed by atoms with Crippen molar-refractivity contribution in [2.45, 2.75) is 29.2 Å². The van der Waals surface area contributed by atoms with Gasteiger partial charge >= 0.3 is 0 Å². The monoisotopic (exact) mass is 310 g/mol. The first kappa shape index (κ1) is 16.6. The zero-order valence-electron chi connectivity index (χ0n) is 13.0. The normalized spacial score (nSPS) is 10.4. The molecule has 2 aromatic rings. The number of benzene rings is 2. The van der Waals surface area contributed by atoms with Crippen molar-refractivity contribution in [3.8, 4) is 0 Å². The van der Waals surface area contributed by atoms with Crippen LogP contribution in [0.2, 0.25) is 0 Å². The lowest BCUT2D eigenvalue weighted by Crippen LogP contribution is -1.90. The Bertz CT molecular complexity index is 628. The summed E-state index contributed by atoms with van der Waals surface area (Å²) in [5, 5.41) is 0. The minimum Gasteiger partial charge on any atom is -0.380 e. The van der Waals surface area contributed by atoms with E-state index in [2.05, 4.69) is 61.7 Å². The third-order valence-electron chi connectivity index (χ3n) is 3.44. The topological polar surface area (TPSA) is 9.23 Å². The van der Waals surface area contributed by atoms with E-state index in [-0.39, 0.29) is 0 Å². The number of aryl methyl sites for hydroxylation is 1. The number of allylic oxidation sites excluding steroid dienone is 2. The summed E-state index contributed by atoms with van der Waals surface area (Å²) in [6.07, 6.45) is 3.79. The number of hydrogen-bond donors (Lipinski definition) is 0. The summed E-state index contributed by atoms with van der Waals surface area (Å²) in [7, 11) is 1.72. The SMILES string of the molecule is C=CC(=C)CCc1ccccc1Sc1ccc(COC)cc1. The molecule has 0 aliphatic heterocycles. The summed E-state index contributed by atoms with van der Waals surface area (Å²) < 4.78 is 5.15. The zero-order valence-corrected chi connectivity index (χ0v) is 13.9. The quantitative estimate of drug-likeness (QED) is 0.582. The van der Waals surface area contributed by atoms with E-state index >= 15 is 0 Å². The molecule has 0 amide bonds. The summed E-state index contributed by atoms with van der Waals surface area (Å²) in [4.78, 5) is 2.55. The van der Waals surface area contributed by atoms with Gasteiger partial charge in [0.05, 0.1) is 6.61 Å². The lowest BCUT2D eigenvalue weighted by atomic mass is 10.1. The van der Waals surface area contributed by atoms with Crippen LogP contribution >= 0.6 is 11.8 Å². The molecule has 0 fully saturated rings. The molecule has 2 heteroatoms. The Balaban J connectivity index is 2.08. The van der Waals surface area contributed by atoms with Crippen LogP contribution in [0.5, 0.6) is 0 Å². The van der Waals surface area contributed by atoms with Crippen LogP contribution in [0.4, 0.5) is 0 Å². The molecule has 0 aromatic heterocycles. The van der Waals surface area contributed by atoms with Gasteiger partial charge in [0.2, 0.25) is 0 Å². The highest BCUT2D eigenvalue weighted by atomic mass is 32.2. The zero-order chi connectivity index (χ0) is 15.8. The van der Waals surface area contributed by atoms with E-state index in [0.29, 0.717) is 6.61 Å². The molecular weight excluding hydrogens is 288 g/mol. The van der Waals surface area contributed by atoms with Gasteiger partial charge in [-0.2, -0.15) is 0 Å². The van der Waals surface area contributed by atoms with Crippen molar-refractivity contribution >= 4 is 11.8 Å². The Morgan fingerprint density at radius 1 is 1.14 bits per heavy atom. The summed E-state index contributed by atoms with van der Waals surface area (Å²) >= 11 is 1.80. The van der Waals surface area contributed by atoms with Crippen LogP contribution in [0.3, 0.4) is 0 Å². The standard InChI is InChI=1S/C20H22OS/c1-4-16(2)9-12-18-7-5-6-8-20(18)22-19-13-10-17(11-14-19)15-21-3/h4-8,10-11,13-14H,1-2,9,12,15H2,3H3. The molecule has 0 saturated carbocycles. The second-order valence-electron chi connectivity index (χ2n) is 5.15. The fraction of sp³-hybridized carbons (Fsp3) is 0.200. The van der Waals surface area contributed by atoms with Gasteiger partial charge in [-0.05, 0) is 42.2 Å². The van der Waals surface area contributed by atoms with Crippen LogP contribution in [0.25, 0.3) is 0 Å². The van der Waals surface area contributed by atoms with E-state index in [1.54, 1.807) is 18.9 Å². The van der Waals surface area contributed by atoms with E-state index in [1.807, 2.05) is 6.08 Å². The largest absolute Gasteiger partial charge is 0.380 e. The maximum atomic E-state index is 5.15. The van der Waals surface area contributed by atoms with E-state index < -0.39 is 0 Å². The van der Waals surface area contributed by atoms with Gasteiger partial charge in [-0.25, -0.2) is 0 Å². The maximum Gasteiger partial charge on any atom is 0.0713 e. The Morgan fingerprint density at radius 3 is 2.55 bits per heavy atom. The molecule has 0 unspecified atom stereocenters. The first-order valence-corrected chi connectivity index (χ1v) is 8.18. The van der Waals surface area contributed by atoms with E-state index in [4.69, 9.17) is 4.74 Å². The third-order valence-corrected chi connectivity index (χ3v) is 4.56. The molecule has 114 valence electrons. The molecule has 0 aliphatic carbocycles. The van der Waals surface area contributed by atoms with Crippen molar-refractivity contribution in [2.24, 2.45) is 0 Å². The summed E-state index contributed by atoms with van der Waals surface area (Å²) in [5.74, 6) is 0. The molecule has 0 saturated heterocycles. The van der Waals surface area contributed by atoms with Crippen LogP contribution in [0.1, 0.15) is 17.5 Å². The van der Waals surface area contributed by atoms with Crippen molar-refractivity contribution in [1.29, 1.82) is 0 Å². The van der Waals surface area contributed by atoms with Crippen LogP contribution in [-0.4, -0.2) is 7.11 Å². The lowest BCUT2D eigenvalue weighted by molar-refractivity contribution is 0.185. The molecule has 0 radical (unpaired) electrons. The Morgan fingerprint density at radius 2 is 1.86 bits per heavy atom. The van der Waals surface area contributed by atoms with Gasteiger partial charge in [-0.1, -0.05) is 66.9 Å². The van der Waals surface area contributed by atoms with Crippen LogP contribution < -0.4 is 0 Å². The van der Waals surface area contributed by atoms with Gasteiger partial charge in [-0.15, -0.1) is 0 Å².